The van der Waals surface area contributed by atoms with Gasteiger partial charge < -0.3 is 15.5 Å². The first kappa shape index (κ1) is 14.3. The maximum atomic E-state index is 5.96. The van der Waals surface area contributed by atoms with Crippen molar-refractivity contribution in [3.05, 3.63) is 29.3 Å². The molecule has 0 aliphatic heterocycles. The zero-order valence-corrected chi connectivity index (χ0v) is 12.4. The molecule has 2 N–H and O–H groups in total. The van der Waals surface area contributed by atoms with Gasteiger partial charge in [-0.2, -0.15) is 15.0 Å². The summed E-state index contributed by atoms with van der Waals surface area (Å²) in [6, 6.07) is 7.39. The van der Waals surface area contributed by atoms with Crippen molar-refractivity contribution in [1.29, 1.82) is 0 Å². The summed E-state index contributed by atoms with van der Waals surface area (Å²) in [5.41, 5.74) is 0.829. The molecule has 0 fully saturated rings. The largest absolute Gasteiger partial charge is 0.354 e. The van der Waals surface area contributed by atoms with Gasteiger partial charge in [-0.1, -0.05) is 17.7 Å². The standard InChI is InChI=1S/C13H17ClN6/c1-4-15-11-17-12(19-13(18-11)20(2)3)16-10-7-5-6-9(14)8-10/h5-8H,4H2,1-3H3,(H2,15,16,17,18,19). The zero-order chi connectivity index (χ0) is 14.5. The number of anilines is 4. The van der Waals surface area contributed by atoms with Crippen molar-refractivity contribution in [2.24, 2.45) is 0 Å². The molecule has 0 amide bonds. The van der Waals surface area contributed by atoms with Gasteiger partial charge in [0.2, 0.25) is 17.8 Å². The van der Waals surface area contributed by atoms with E-state index in [0.717, 1.165) is 12.2 Å². The number of hydrogen-bond acceptors (Lipinski definition) is 6. The van der Waals surface area contributed by atoms with E-state index in [1.54, 1.807) is 0 Å². The fourth-order valence-electron chi connectivity index (χ4n) is 1.55. The molecule has 2 aromatic rings. The molecule has 7 heteroatoms. The number of benzene rings is 1. The molecule has 20 heavy (non-hydrogen) atoms. The van der Waals surface area contributed by atoms with Crippen molar-refractivity contribution in [2.75, 3.05) is 36.2 Å². The van der Waals surface area contributed by atoms with Gasteiger partial charge in [0.15, 0.2) is 0 Å². The van der Waals surface area contributed by atoms with Crippen LogP contribution in [0.1, 0.15) is 6.92 Å². The van der Waals surface area contributed by atoms with Gasteiger partial charge in [-0.3, -0.25) is 0 Å². The summed E-state index contributed by atoms with van der Waals surface area (Å²) in [5.74, 6) is 1.60. The van der Waals surface area contributed by atoms with Crippen LogP contribution >= 0.6 is 11.6 Å². The summed E-state index contributed by atoms with van der Waals surface area (Å²) in [7, 11) is 3.77. The molecule has 1 aromatic heterocycles. The third kappa shape index (κ3) is 3.71. The molecule has 0 spiro atoms. The average Bonchev–Trinajstić information content (AvgIpc) is 2.38. The highest BCUT2D eigenvalue weighted by Crippen LogP contribution is 2.19. The average molecular weight is 293 g/mol. The second-order valence-corrected chi connectivity index (χ2v) is 4.78. The van der Waals surface area contributed by atoms with Crippen LogP contribution in [-0.2, 0) is 0 Å². The molecular weight excluding hydrogens is 276 g/mol. The Balaban J connectivity index is 2.30. The minimum Gasteiger partial charge on any atom is -0.354 e. The number of hydrogen-bond donors (Lipinski definition) is 2. The van der Waals surface area contributed by atoms with E-state index in [4.69, 9.17) is 11.6 Å². The monoisotopic (exact) mass is 292 g/mol. The van der Waals surface area contributed by atoms with E-state index in [-0.39, 0.29) is 0 Å². The molecule has 0 atom stereocenters. The van der Waals surface area contributed by atoms with E-state index in [2.05, 4.69) is 25.6 Å². The van der Waals surface area contributed by atoms with Gasteiger partial charge in [-0.15, -0.1) is 0 Å². The normalized spacial score (nSPS) is 10.2. The van der Waals surface area contributed by atoms with Crippen molar-refractivity contribution in [1.82, 2.24) is 15.0 Å². The molecule has 0 saturated carbocycles. The second kappa shape index (κ2) is 6.38. The molecule has 0 aliphatic rings. The summed E-state index contributed by atoms with van der Waals surface area (Å²) >= 11 is 5.96. The first-order valence-electron chi connectivity index (χ1n) is 6.28. The Morgan fingerprint density at radius 3 is 2.55 bits per heavy atom. The van der Waals surface area contributed by atoms with Crippen LogP contribution in [0.25, 0.3) is 0 Å². The van der Waals surface area contributed by atoms with Gasteiger partial charge in [-0.25, -0.2) is 0 Å². The van der Waals surface area contributed by atoms with Crippen LogP contribution < -0.4 is 15.5 Å². The van der Waals surface area contributed by atoms with Crippen LogP contribution in [0.15, 0.2) is 24.3 Å². The highest BCUT2D eigenvalue weighted by atomic mass is 35.5. The smallest absolute Gasteiger partial charge is 0.233 e. The minimum absolute atomic E-state index is 0.474. The Bertz CT molecular complexity index is 587. The number of aromatic nitrogens is 3. The second-order valence-electron chi connectivity index (χ2n) is 4.34. The van der Waals surface area contributed by atoms with E-state index in [1.165, 1.54) is 0 Å². The molecule has 1 heterocycles. The lowest BCUT2D eigenvalue weighted by atomic mass is 10.3. The maximum Gasteiger partial charge on any atom is 0.233 e. The van der Waals surface area contributed by atoms with E-state index < -0.39 is 0 Å². The highest BCUT2D eigenvalue weighted by molar-refractivity contribution is 6.30. The van der Waals surface area contributed by atoms with E-state index in [0.29, 0.717) is 22.9 Å². The third-order valence-corrected chi connectivity index (χ3v) is 2.67. The van der Waals surface area contributed by atoms with Crippen LogP contribution in [0.5, 0.6) is 0 Å². The van der Waals surface area contributed by atoms with E-state index in [1.807, 2.05) is 50.2 Å². The first-order valence-corrected chi connectivity index (χ1v) is 6.66. The summed E-state index contributed by atoms with van der Waals surface area (Å²) in [4.78, 5) is 14.8. The van der Waals surface area contributed by atoms with Crippen molar-refractivity contribution >= 4 is 35.1 Å². The molecule has 2 rings (SSSR count). The summed E-state index contributed by atoms with van der Waals surface area (Å²) in [6.45, 7) is 2.73. The fourth-order valence-corrected chi connectivity index (χ4v) is 1.74. The summed E-state index contributed by atoms with van der Waals surface area (Å²) in [5, 5.41) is 6.87. The van der Waals surface area contributed by atoms with Crippen LogP contribution in [0.4, 0.5) is 23.5 Å². The number of nitrogens with one attached hydrogen (secondary N) is 2. The lowest BCUT2D eigenvalue weighted by Gasteiger charge is -2.13. The Labute approximate surface area is 123 Å². The quantitative estimate of drug-likeness (QED) is 0.883. The Hall–Kier alpha value is -2.08. The molecule has 0 radical (unpaired) electrons. The number of nitrogens with zero attached hydrogens (tertiary/aromatic N) is 4. The predicted molar refractivity (Wildman–Crippen MR) is 83.1 cm³/mol. The highest BCUT2D eigenvalue weighted by Gasteiger charge is 2.08. The van der Waals surface area contributed by atoms with E-state index in [9.17, 15) is 0 Å². The lowest BCUT2D eigenvalue weighted by Crippen LogP contribution is -2.16. The van der Waals surface area contributed by atoms with Gasteiger partial charge in [0.05, 0.1) is 0 Å². The predicted octanol–water partition coefficient (Wildman–Crippen LogP) is 2.77. The number of rotatable bonds is 5. The summed E-state index contributed by atoms with van der Waals surface area (Å²) < 4.78 is 0. The molecule has 0 unspecified atom stereocenters. The first-order chi connectivity index (χ1) is 9.58. The number of halogens is 1. The van der Waals surface area contributed by atoms with Gasteiger partial charge in [-0.05, 0) is 25.1 Å². The van der Waals surface area contributed by atoms with Gasteiger partial charge in [0, 0.05) is 31.4 Å². The maximum absolute atomic E-state index is 5.96. The van der Waals surface area contributed by atoms with Crippen molar-refractivity contribution < 1.29 is 0 Å². The Morgan fingerprint density at radius 2 is 1.90 bits per heavy atom. The molecule has 0 bridgehead atoms. The molecular formula is C13H17ClN6. The third-order valence-electron chi connectivity index (χ3n) is 2.44. The Kier molecular flexibility index (Phi) is 4.57. The molecule has 6 nitrogen and oxygen atoms in total. The minimum atomic E-state index is 0.474. The van der Waals surface area contributed by atoms with E-state index >= 15 is 0 Å². The molecule has 0 saturated heterocycles. The Morgan fingerprint density at radius 1 is 1.15 bits per heavy atom. The van der Waals surface area contributed by atoms with Crippen LogP contribution in [-0.4, -0.2) is 35.6 Å². The topological polar surface area (TPSA) is 66.0 Å². The zero-order valence-electron chi connectivity index (χ0n) is 11.7. The SMILES string of the molecule is CCNc1nc(Nc2cccc(Cl)c2)nc(N(C)C)n1. The van der Waals surface area contributed by atoms with Gasteiger partial charge in [0.1, 0.15) is 0 Å². The van der Waals surface area contributed by atoms with Gasteiger partial charge in [0.25, 0.3) is 0 Å². The molecule has 106 valence electrons. The van der Waals surface area contributed by atoms with Crippen LogP contribution in [0.2, 0.25) is 5.02 Å². The van der Waals surface area contributed by atoms with Crippen molar-refractivity contribution in [3.8, 4) is 0 Å². The molecule has 1 aromatic carbocycles. The lowest BCUT2D eigenvalue weighted by molar-refractivity contribution is 0.953. The van der Waals surface area contributed by atoms with Gasteiger partial charge >= 0.3 is 0 Å². The molecule has 0 aliphatic carbocycles. The van der Waals surface area contributed by atoms with Crippen LogP contribution in [0, 0.1) is 0 Å². The summed E-state index contributed by atoms with van der Waals surface area (Å²) in [6.07, 6.45) is 0. The van der Waals surface area contributed by atoms with Crippen molar-refractivity contribution in [2.45, 2.75) is 6.92 Å². The van der Waals surface area contributed by atoms with Crippen molar-refractivity contribution in [3.63, 3.8) is 0 Å². The van der Waals surface area contributed by atoms with Crippen LogP contribution in [0.3, 0.4) is 0 Å². The fraction of sp³-hybridized carbons (Fsp3) is 0.308.